The molecule has 2 heterocycles. The summed E-state index contributed by atoms with van der Waals surface area (Å²) in [6.07, 6.45) is 0. The Labute approximate surface area is 146 Å². The Morgan fingerprint density at radius 3 is 2.42 bits per heavy atom. The maximum Gasteiger partial charge on any atom is 0.227 e. The van der Waals surface area contributed by atoms with Gasteiger partial charge in [0.25, 0.3) is 0 Å². The molecule has 0 radical (unpaired) electrons. The lowest BCUT2D eigenvalue weighted by Crippen LogP contribution is -2.45. The van der Waals surface area contributed by atoms with E-state index in [0.29, 0.717) is 18.1 Å². The molecule has 0 spiro atoms. The van der Waals surface area contributed by atoms with E-state index in [9.17, 15) is 9.90 Å². The minimum atomic E-state index is -0.383. The Balaban J connectivity index is 1.58. The second-order valence-electron chi connectivity index (χ2n) is 6.14. The third-order valence-corrected chi connectivity index (χ3v) is 4.67. The molecule has 5 nitrogen and oxygen atoms in total. The van der Waals surface area contributed by atoms with Crippen molar-refractivity contribution in [3.8, 4) is 5.75 Å². The second-order valence-corrected chi connectivity index (χ2v) is 6.54. The third-order valence-electron chi connectivity index (χ3n) is 4.30. The zero-order valence-corrected chi connectivity index (χ0v) is 14.4. The summed E-state index contributed by atoms with van der Waals surface area (Å²) >= 11 is 6.22. The van der Waals surface area contributed by atoms with Gasteiger partial charge in [-0.2, -0.15) is 0 Å². The first-order valence-corrected chi connectivity index (χ1v) is 8.41. The number of aromatic hydroxyl groups is 1. The number of hydrogen-bond acceptors (Lipinski definition) is 5. The van der Waals surface area contributed by atoms with Gasteiger partial charge in [-0.1, -0.05) is 29.8 Å². The predicted octanol–water partition coefficient (Wildman–Crippen LogP) is 2.63. The average Bonchev–Trinajstić information content (AvgIpc) is 2.56. The smallest absolute Gasteiger partial charge is 0.227 e. The van der Waals surface area contributed by atoms with Crippen molar-refractivity contribution in [3.63, 3.8) is 0 Å². The highest BCUT2D eigenvalue weighted by Gasteiger charge is 2.20. The highest BCUT2D eigenvalue weighted by atomic mass is 35.5. The number of hydrogen-bond donors (Lipinski definition) is 1. The van der Waals surface area contributed by atoms with Gasteiger partial charge in [0.2, 0.25) is 11.2 Å². The average molecular weight is 349 g/mol. The molecule has 3 rings (SSSR count). The number of nitrogens with zero attached hydrogens (tertiary/aromatic N) is 2. The molecule has 24 heavy (non-hydrogen) atoms. The quantitative estimate of drug-likeness (QED) is 0.920. The van der Waals surface area contributed by atoms with E-state index in [4.69, 9.17) is 16.0 Å². The summed E-state index contributed by atoms with van der Waals surface area (Å²) in [7, 11) is 0. The van der Waals surface area contributed by atoms with Gasteiger partial charge >= 0.3 is 0 Å². The topological polar surface area (TPSA) is 56.9 Å². The van der Waals surface area contributed by atoms with Crippen molar-refractivity contribution in [3.05, 3.63) is 62.7 Å². The molecule has 1 aliphatic heterocycles. The molecule has 0 aliphatic carbocycles. The number of benzene rings is 1. The van der Waals surface area contributed by atoms with E-state index in [1.165, 1.54) is 6.07 Å². The Kier molecular flexibility index (Phi) is 5.23. The number of aryl methyl sites for hydroxylation is 1. The molecule has 2 aromatic rings. The van der Waals surface area contributed by atoms with E-state index in [-0.39, 0.29) is 11.2 Å². The molecule has 0 atom stereocenters. The first-order valence-electron chi connectivity index (χ1n) is 8.03. The van der Waals surface area contributed by atoms with Crippen molar-refractivity contribution in [2.75, 3.05) is 26.2 Å². The molecule has 1 saturated heterocycles. The lowest BCUT2D eigenvalue weighted by molar-refractivity contribution is 0.113. The molecule has 6 heteroatoms. The molecule has 1 N–H and O–H groups in total. The predicted molar refractivity (Wildman–Crippen MR) is 93.4 cm³/mol. The van der Waals surface area contributed by atoms with Crippen molar-refractivity contribution >= 4 is 11.6 Å². The van der Waals surface area contributed by atoms with E-state index < -0.39 is 0 Å². The number of halogens is 1. The van der Waals surface area contributed by atoms with Gasteiger partial charge in [0.15, 0.2) is 5.76 Å². The van der Waals surface area contributed by atoms with Gasteiger partial charge in [0.05, 0.1) is 6.54 Å². The summed E-state index contributed by atoms with van der Waals surface area (Å²) in [4.78, 5) is 16.2. The monoisotopic (exact) mass is 348 g/mol. The summed E-state index contributed by atoms with van der Waals surface area (Å²) < 4.78 is 5.51. The lowest BCUT2D eigenvalue weighted by Gasteiger charge is -2.34. The van der Waals surface area contributed by atoms with Crippen LogP contribution < -0.4 is 5.43 Å². The Hall–Kier alpha value is -1.82. The molecule has 1 fully saturated rings. The molecular formula is C18H21ClN2O3. The van der Waals surface area contributed by atoms with Crippen LogP contribution in [0.4, 0.5) is 0 Å². The van der Waals surface area contributed by atoms with E-state index >= 15 is 0 Å². The summed E-state index contributed by atoms with van der Waals surface area (Å²) in [5.74, 6) is 0.587. The van der Waals surface area contributed by atoms with Crippen LogP contribution in [-0.2, 0) is 13.1 Å². The van der Waals surface area contributed by atoms with Crippen LogP contribution in [0.3, 0.4) is 0 Å². The lowest BCUT2D eigenvalue weighted by atomic mass is 10.2. The van der Waals surface area contributed by atoms with Crippen LogP contribution in [-0.4, -0.2) is 41.1 Å². The van der Waals surface area contributed by atoms with Gasteiger partial charge in [-0.05, 0) is 18.6 Å². The standard InChI is InChI=1S/C18H21ClN2O3/c1-13-10-16(22)18(23)17(24-13)12-21-8-6-20(7-9-21)11-14-4-2-3-5-15(14)19/h2-5,10,23H,6-9,11-12H2,1H3. The Morgan fingerprint density at radius 1 is 1.12 bits per heavy atom. The number of piperazine rings is 1. The van der Waals surface area contributed by atoms with E-state index in [2.05, 4.69) is 9.80 Å². The summed E-state index contributed by atoms with van der Waals surface area (Å²) in [6.45, 7) is 6.50. The fourth-order valence-electron chi connectivity index (χ4n) is 2.95. The van der Waals surface area contributed by atoms with Crippen LogP contribution in [0.1, 0.15) is 17.1 Å². The normalized spacial score (nSPS) is 16.4. The molecule has 128 valence electrons. The first-order chi connectivity index (χ1) is 11.5. The fraction of sp³-hybridized carbons (Fsp3) is 0.389. The first kappa shape index (κ1) is 17.0. The minimum Gasteiger partial charge on any atom is -0.502 e. The van der Waals surface area contributed by atoms with Crippen molar-refractivity contribution in [2.45, 2.75) is 20.0 Å². The van der Waals surface area contributed by atoms with Gasteiger partial charge < -0.3 is 9.52 Å². The summed E-state index contributed by atoms with van der Waals surface area (Å²) in [5.41, 5.74) is 0.751. The fourth-order valence-corrected chi connectivity index (χ4v) is 3.14. The van der Waals surface area contributed by atoms with Crippen molar-refractivity contribution in [1.29, 1.82) is 0 Å². The van der Waals surface area contributed by atoms with E-state index in [0.717, 1.165) is 43.3 Å². The minimum absolute atomic E-state index is 0.279. The van der Waals surface area contributed by atoms with Crippen LogP contribution in [0.2, 0.25) is 5.02 Å². The highest BCUT2D eigenvalue weighted by Crippen LogP contribution is 2.20. The van der Waals surface area contributed by atoms with Gasteiger partial charge in [0.1, 0.15) is 5.76 Å². The van der Waals surface area contributed by atoms with Gasteiger partial charge in [-0.25, -0.2) is 0 Å². The summed E-state index contributed by atoms with van der Waals surface area (Å²) in [5, 5.41) is 10.7. The molecule has 0 unspecified atom stereocenters. The van der Waals surface area contributed by atoms with E-state index in [1.54, 1.807) is 6.92 Å². The van der Waals surface area contributed by atoms with Gasteiger partial charge in [-0.3, -0.25) is 14.6 Å². The van der Waals surface area contributed by atoms with Gasteiger partial charge in [-0.15, -0.1) is 0 Å². The zero-order valence-electron chi connectivity index (χ0n) is 13.7. The SMILES string of the molecule is Cc1cc(=O)c(O)c(CN2CCN(Cc3ccccc3Cl)CC2)o1. The van der Waals surface area contributed by atoms with Crippen LogP contribution >= 0.6 is 11.6 Å². The zero-order chi connectivity index (χ0) is 17.1. The van der Waals surface area contributed by atoms with Crippen molar-refractivity contribution in [1.82, 2.24) is 9.80 Å². The second kappa shape index (κ2) is 7.38. The van der Waals surface area contributed by atoms with Crippen LogP contribution in [0.25, 0.3) is 0 Å². The molecule has 1 aromatic carbocycles. The van der Waals surface area contributed by atoms with Crippen LogP contribution in [0.15, 0.2) is 39.5 Å². The van der Waals surface area contributed by atoms with Crippen molar-refractivity contribution < 1.29 is 9.52 Å². The summed E-state index contributed by atoms with van der Waals surface area (Å²) in [6, 6.07) is 9.20. The Bertz CT molecular complexity index is 767. The van der Waals surface area contributed by atoms with E-state index in [1.807, 2.05) is 24.3 Å². The third kappa shape index (κ3) is 3.98. The molecule has 1 aromatic heterocycles. The van der Waals surface area contributed by atoms with Crippen molar-refractivity contribution in [2.24, 2.45) is 0 Å². The number of rotatable bonds is 4. The van der Waals surface area contributed by atoms with Crippen LogP contribution in [0, 0.1) is 6.92 Å². The van der Waals surface area contributed by atoms with Gasteiger partial charge in [0, 0.05) is 43.8 Å². The largest absolute Gasteiger partial charge is 0.502 e. The Morgan fingerprint density at radius 2 is 1.75 bits per heavy atom. The maximum atomic E-state index is 11.6. The molecule has 0 bridgehead atoms. The molecule has 0 saturated carbocycles. The maximum absolute atomic E-state index is 11.6. The molecule has 1 aliphatic rings. The molecular weight excluding hydrogens is 328 g/mol. The molecule has 0 amide bonds. The van der Waals surface area contributed by atoms with Crippen LogP contribution in [0.5, 0.6) is 5.75 Å². The highest BCUT2D eigenvalue weighted by molar-refractivity contribution is 6.31.